The zero-order valence-electron chi connectivity index (χ0n) is 7.47. The highest BCUT2D eigenvalue weighted by atomic mass is 35.5. The molecule has 66 valence electrons. The minimum atomic E-state index is 0.616. The number of halogens is 1. The first-order valence-electron chi connectivity index (χ1n) is 4.14. The number of hydrogen-bond acceptors (Lipinski definition) is 1. The summed E-state index contributed by atoms with van der Waals surface area (Å²) in [5.74, 6) is 0.616. The maximum absolute atomic E-state index is 5.87. The zero-order valence-corrected chi connectivity index (χ0v) is 8.23. The van der Waals surface area contributed by atoms with Gasteiger partial charge in [0.2, 0.25) is 0 Å². The van der Waals surface area contributed by atoms with Crippen molar-refractivity contribution in [1.82, 2.24) is 0 Å². The fraction of sp³-hybridized carbons (Fsp3) is 0.400. The molecule has 0 atom stereocenters. The van der Waals surface area contributed by atoms with Crippen molar-refractivity contribution < 1.29 is 0 Å². The molecule has 0 spiro atoms. The molecule has 1 rings (SSSR count). The van der Waals surface area contributed by atoms with E-state index in [0.717, 1.165) is 17.7 Å². The van der Waals surface area contributed by atoms with Gasteiger partial charge in [0.1, 0.15) is 0 Å². The van der Waals surface area contributed by atoms with Crippen LogP contribution in [-0.2, 0) is 6.42 Å². The lowest BCUT2D eigenvalue weighted by atomic mass is 10.0. The van der Waals surface area contributed by atoms with Crippen LogP contribution in [0.4, 0.5) is 5.69 Å². The van der Waals surface area contributed by atoms with Crippen molar-refractivity contribution in [2.75, 3.05) is 5.73 Å². The normalized spacial score (nSPS) is 10.7. The summed E-state index contributed by atoms with van der Waals surface area (Å²) in [6, 6.07) is 5.79. The molecular formula is C10H14ClN. The van der Waals surface area contributed by atoms with Crippen molar-refractivity contribution in [3.63, 3.8) is 0 Å². The molecule has 1 aromatic rings. The maximum Gasteiger partial charge on any atom is 0.0638 e. The molecule has 2 N–H and O–H groups in total. The van der Waals surface area contributed by atoms with Crippen LogP contribution in [0.3, 0.4) is 0 Å². The van der Waals surface area contributed by atoms with Crippen molar-refractivity contribution in [3.8, 4) is 0 Å². The molecule has 0 fully saturated rings. The minimum Gasteiger partial charge on any atom is -0.397 e. The molecule has 0 unspecified atom stereocenters. The SMILES string of the molecule is CC(C)Cc1cccc(Cl)c1N. The summed E-state index contributed by atoms with van der Waals surface area (Å²) in [5.41, 5.74) is 7.68. The Labute approximate surface area is 78.5 Å². The van der Waals surface area contributed by atoms with Crippen LogP contribution in [-0.4, -0.2) is 0 Å². The number of hydrogen-bond donors (Lipinski definition) is 1. The molecule has 0 aliphatic heterocycles. The average molecular weight is 184 g/mol. The summed E-state index contributed by atoms with van der Waals surface area (Å²) >= 11 is 5.87. The molecule has 12 heavy (non-hydrogen) atoms. The second-order valence-corrected chi connectivity index (χ2v) is 3.82. The fourth-order valence-corrected chi connectivity index (χ4v) is 1.39. The summed E-state index contributed by atoms with van der Waals surface area (Å²) in [6.07, 6.45) is 0.992. The molecule has 0 amide bonds. The van der Waals surface area contributed by atoms with E-state index in [2.05, 4.69) is 13.8 Å². The predicted octanol–water partition coefficient (Wildman–Crippen LogP) is 3.12. The number of anilines is 1. The Balaban J connectivity index is 2.92. The average Bonchev–Trinajstić information content (AvgIpc) is 1.98. The third kappa shape index (κ3) is 2.15. The van der Waals surface area contributed by atoms with Gasteiger partial charge in [-0.05, 0) is 24.0 Å². The van der Waals surface area contributed by atoms with E-state index >= 15 is 0 Å². The van der Waals surface area contributed by atoms with Crippen molar-refractivity contribution in [1.29, 1.82) is 0 Å². The van der Waals surface area contributed by atoms with Crippen LogP contribution >= 0.6 is 11.6 Å². The van der Waals surface area contributed by atoms with Crippen LogP contribution in [0.15, 0.2) is 18.2 Å². The van der Waals surface area contributed by atoms with Crippen LogP contribution in [0.25, 0.3) is 0 Å². The molecule has 0 aliphatic rings. The van der Waals surface area contributed by atoms with Crippen LogP contribution in [0.5, 0.6) is 0 Å². The van der Waals surface area contributed by atoms with E-state index in [1.54, 1.807) is 0 Å². The Bertz CT molecular complexity index is 269. The number of rotatable bonds is 2. The molecule has 0 saturated heterocycles. The van der Waals surface area contributed by atoms with Gasteiger partial charge in [-0.3, -0.25) is 0 Å². The van der Waals surface area contributed by atoms with Crippen molar-refractivity contribution in [3.05, 3.63) is 28.8 Å². The molecule has 0 aromatic heterocycles. The molecule has 0 heterocycles. The number of benzene rings is 1. The standard InChI is InChI=1S/C10H14ClN/c1-7(2)6-8-4-3-5-9(11)10(8)12/h3-5,7H,6,12H2,1-2H3. The topological polar surface area (TPSA) is 26.0 Å². The molecule has 0 radical (unpaired) electrons. The van der Waals surface area contributed by atoms with Gasteiger partial charge in [-0.2, -0.15) is 0 Å². The van der Waals surface area contributed by atoms with E-state index in [1.807, 2.05) is 18.2 Å². The molecule has 1 aromatic carbocycles. The highest BCUT2D eigenvalue weighted by Crippen LogP contribution is 2.24. The van der Waals surface area contributed by atoms with Gasteiger partial charge < -0.3 is 5.73 Å². The second kappa shape index (κ2) is 3.81. The van der Waals surface area contributed by atoms with Crippen LogP contribution < -0.4 is 5.73 Å². The van der Waals surface area contributed by atoms with E-state index in [9.17, 15) is 0 Å². The molecule has 1 nitrogen and oxygen atoms in total. The lowest BCUT2D eigenvalue weighted by molar-refractivity contribution is 0.648. The largest absolute Gasteiger partial charge is 0.397 e. The van der Waals surface area contributed by atoms with Gasteiger partial charge in [0, 0.05) is 0 Å². The number of para-hydroxylation sites is 1. The van der Waals surface area contributed by atoms with Gasteiger partial charge >= 0.3 is 0 Å². The van der Waals surface area contributed by atoms with E-state index < -0.39 is 0 Å². The van der Waals surface area contributed by atoms with Gasteiger partial charge in [0.15, 0.2) is 0 Å². The lowest BCUT2D eigenvalue weighted by Crippen LogP contribution is -1.99. The summed E-state index contributed by atoms with van der Waals surface area (Å²) in [6.45, 7) is 4.33. The zero-order chi connectivity index (χ0) is 9.14. The summed E-state index contributed by atoms with van der Waals surface area (Å²) < 4.78 is 0. The van der Waals surface area contributed by atoms with Crippen molar-refractivity contribution >= 4 is 17.3 Å². The monoisotopic (exact) mass is 183 g/mol. The first kappa shape index (κ1) is 9.40. The Morgan fingerprint density at radius 1 is 1.42 bits per heavy atom. The van der Waals surface area contributed by atoms with E-state index in [1.165, 1.54) is 0 Å². The third-order valence-corrected chi connectivity index (χ3v) is 2.10. The first-order chi connectivity index (χ1) is 5.61. The van der Waals surface area contributed by atoms with Crippen LogP contribution in [0, 0.1) is 5.92 Å². The van der Waals surface area contributed by atoms with E-state index in [-0.39, 0.29) is 0 Å². The molecule has 0 saturated carbocycles. The molecular weight excluding hydrogens is 170 g/mol. The third-order valence-electron chi connectivity index (χ3n) is 1.77. The Hall–Kier alpha value is -0.690. The first-order valence-corrected chi connectivity index (χ1v) is 4.52. The number of nitrogens with two attached hydrogens (primary N) is 1. The highest BCUT2D eigenvalue weighted by molar-refractivity contribution is 6.33. The minimum absolute atomic E-state index is 0.616. The summed E-state index contributed by atoms with van der Waals surface area (Å²) in [5, 5.41) is 0.660. The lowest BCUT2D eigenvalue weighted by Gasteiger charge is -2.08. The highest BCUT2D eigenvalue weighted by Gasteiger charge is 2.04. The smallest absolute Gasteiger partial charge is 0.0638 e. The second-order valence-electron chi connectivity index (χ2n) is 3.41. The molecule has 0 aliphatic carbocycles. The van der Waals surface area contributed by atoms with Gasteiger partial charge in [-0.25, -0.2) is 0 Å². The summed E-state index contributed by atoms with van der Waals surface area (Å²) in [7, 11) is 0. The van der Waals surface area contributed by atoms with Gasteiger partial charge in [0.05, 0.1) is 10.7 Å². The van der Waals surface area contributed by atoms with E-state index in [4.69, 9.17) is 17.3 Å². The van der Waals surface area contributed by atoms with Gasteiger partial charge in [-0.15, -0.1) is 0 Å². The fourth-order valence-electron chi connectivity index (χ4n) is 1.20. The Morgan fingerprint density at radius 2 is 2.08 bits per heavy atom. The quantitative estimate of drug-likeness (QED) is 0.701. The van der Waals surface area contributed by atoms with Crippen molar-refractivity contribution in [2.24, 2.45) is 5.92 Å². The Kier molecular flexibility index (Phi) is 2.99. The number of nitrogen functional groups attached to an aromatic ring is 1. The molecule has 0 bridgehead atoms. The van der Waals surface area contributed by atoms with E-state index in [0.29, 0.717) is 10.9 Å². The summed E-state index contributed by atoms with van der Waals surface area (Å²) in [4.78, 5) is 0. The Morgan fingerprint density at radius 3 is 2.67 bits per heavy atom. The van der Waals surface area contributed by atoms with Gasteiger partial charge in [-0.1, -0.05) is 37.6 Å². The van der Waals surface area contributed by atoms with Gasteiger partial charge in [0.25, 0.3) is 0 Å². The van der Waals surface area contributed by atoms with Crippen molar-refractivity contribution in [2.45, 2.75) is 20.3 Å². The predicted molar refractivity (Wildman–Crippen MR) is 54.4 cm³/mol. The maximum atomic E-state index is 5.87. The van der Waals surface area contributed by atoms with Crippen LogP contribution in [0.1, 0.15) is 19.4 Å². The molecule has 2 heteroatoms. The van der Waals surface area contributed by atoms with Crippen LogP contribution in [0.2, 0.25) is 5.02 Å².